The third-order valence-corrected chi connectivity index (χ3v) is 8.59. The number of carbonyl (C=O) groups excluding carboxylic acids is 2. The molecule has 0 spiro atoms. The van der Waals surface area contributed by atoms with E-state index in [0.29, 0.717) is 6.42 Å². The first-order valence-electron chi connectivity index (χ1n) is 7.99. The number of ether oxygens (including phenoxy) is 1. The normalized spacial score (nSPS) is 47.4. The van der Waals surface area contributed by atoms with Gasteiger partial charge in [0.1, 0.15) is 17.7 Å². The van der Waals surface area contributed by atoms with E-state index >= 15 is 0 Å². The van der Waals surface area contributed by atoms with Crippen LogP contribution in [0.5, 0.6) is 0 Å². The molecule has 2 aliphatic carbocycles. The first-order chi connectivity index (χ1) is 10.9. The molecule has 6 unspecified atom stereocenters. The molecule has 24 heavy (non-hydrogen) atoms. The van der Waals surface area contributed by atoms with Crippen molar-refractivity contribution in [3.8, 4) is 0 Å². The summed E-state index contributed by atoms with van der Waals surface area (Å²) in [6.07, 6.45) is 1.47. The van der Waals surface area contributed by atoms with Crippen LogP contribution in [-0.2, 0) is 28.6 Å². The number of carbonyl (C=O) groups is 2. The highest BCUT2D eigenvalue weighted by molar-refractivity contribution is 7.87. The van der Waals surface area contributed by atoms with Gasteiger partial charge in [0.25, 0.3) is 10.1 Å². The number of hydrogen-bond acceptors (Lipinski definition) is 6. The summed E-state index contributed by atoms with van der Waals surface area (Å²) in [5, 5.41) is 1.83. The molecule has 8 heteroatoms. The quantitative estimate of drug-likeness (QED) is 0.453. The van der Waals surface area contributed by atoms with Crippen molar-refractivity contribution >= 4 is 22.0 Å². The zero-order chi connectivity index (χ0) is 18.1. The Balaban J connectivity index is 1.91. The molecule has 0 aromatic heterocycles. The summed E-state index contributed by atoms with van der Waals surface area (Å²) in [4.78, 5) is 23.5. The molecule has 0 radical (unpaired) electrons. The van der Waals surface area contributed by atoms with E-state index in [2.05, 4.69) is 11.9 Å². The van der Waals surface area contributed by atoms with Crippen LogP contribution in [0.2, 0.25) is 0 Å². The van der Waals surface area contributed by atoms with Crippen LogP contribution in [0.25, 0.3) is 0 Å². The summed E-state index contributed by atoms with van der Waals surface area (Å²) < 4.78 is 36.0. The average molecular weight is 357 g/mol. The van der Waals surface area contributed by atoms with Crippen molar-refractivity contribution in [2.75, 3.05) is 6.54 Å². The second-order valence-electron chi connectivity index (χ2n) is 7.59. The molecule has 7 nitrogen and oxygen atoms in total. The van der Waals surface area contributed by atoms with Gasteiger partial charge in [-0.1, -0.05) is 20.4 Å². The molecule has 0 aromatic carbocycles. The minimum atomic E-state index is -3.67. The summed E-state index contributed by atoms with van der Waals surface area (Å²) in [5.41, 5.74) is -2.71. The molecule has 2 bridgehead atoms. The smallest absolute Gasteiger partial charge is 0.326 e. The van der Waals surface area contributed by atoms with Crippen molar-refractivity contribution < 1.29 is 26.9 Å². The molecular formula is C16H23NO6S. The Morgan fingerprint density at radius 3 is 2.58 bits per heavy atom. The van der Waals surface area contributed by atoms with Gasteiger partial charge in [-0.15, -0.1) is 0 Å². The molecule has 3 aliphatic rings. The van der Waals surface area contributed by atoms with Crippen molar-refractivity contribution in [2.45, 2.75) is 50.6 Å². The van der Waals surface area contributed by atoms with Gasteiger partial charge < -0.3 is 10.1 Å². The molecule has 1 aliphatic heterocycles. The average Bonchev–Trinajstić information content (AvgIpc) is 2.90. The number of nitrogens with one attached hydrogen (secondary N) is 1. The topological polar surface area (TPSA) is 98.8 Å². The number of amides is 1. The van der Waals surface area contributed by atoms with E-state index in [4.69, 9.17) is 8.92 Å². The molecule has 2 saturated carbocycles. The highest BCUT2D eigenvalue weighted by Gasteiger charge is 2.84. The Morgan fingerprint density at radius 1 is 1.38 bits per heavy atom. The second-order valence-corrected chi connectivity index (χ2v) is 9.34. The lowest BCUT2D eigenvalue weighted by Gasteiger charge is -2.48. The molecule has 3 fully saturated rings. The van der Waals surface area contributed by atoms with Crippen LogP contribution in [0.15, 0.2) is 12.7 Å². The number of esters is 1. The third-order valence-electron chi connectivity index (χ3n) is 6.81. The van der Waals surface area contributed by atoms with Crippen molar-refractivity contribution in [2.24, 2.45) is 17.3 Å². The Bertz CT molecular complexity index is 733. The van der Waals surface area contributed by atoms with Gasteiger partial charge in [0, 0.05) is 11.3 Å². The van der Waals surface area contributed by atoms with Crippen LogP contribution >= 0.6 is 0 Å². The molecule has 6 atom stereocenters. The van der Waals surface area contributed by atoms with Crippen LogP contribution in [0, 0.1) is 17.3 Å². The van der Waals surface area contributed by atoms with Crippen molar-refractivity contribution in [3.63, 3.8) is 0 Å². The van der Waals surface area contributed by atoms with E-state index in [9.17, 15) is 18.0 Å². The first kappa shape index (κ1) is 17.4. The fourth-order valence-electron chi connectivity index (χ4n) is 5.23. The predicted molar refractivity (Wildman–Crippen MR) is 85.3 cm³/mol. The minimum Gasteiger partial charge on any atom is -0.454 e. The van der Waals surface area contributed by atoms with Gasteiger partial charge in [-0.2, -0.15) is 8.42 Å². The molecule has 3 rings (SSSR count). The van der Waals surface area contributed by atoms with Crippen LogP contribution in [0.4, 0.5) is 0 Å². The third kappa shape index (κ3) is 1.84. The fourth-order valence-corrected chi connectivity index (χ4v) is 7.51. The second kappa shape index (κ2) is 4.82. The van der Waals surface area contributed by atoms with Crippen LogP contribution in [-0.4, -0.2) is 43.3 Å². The molecule has 1 amide bonds. The monoisotopic (exact) mass is 357 g/mol. The van der Waals surface area contributed by atoms with Crippen LogP contribution in [0.3, 0.4) is 0 Å². The molecule has 134 valence electrons. The number of hydrogen-bond donors (Lipinski definition) is 1. The number of fused-ring (bicyclic) bond motifs is 1. The van der Waals surface area contributed by atoms with Gasteiger partial charge in [0.05, 0.1) is 5.25 Å². The molecule has 1 heterocycles. The van der Waals surface area contributed by atoms with Crippen molar-refractivity contribution in [1.82, 2.24) is 5.32 Å². The van der Waals surface area contributed by atoms with E-state index in [-0.39, 0.29) is 18.4 Å². The summed E-state index contributed by atoms with van der Waals surface area (Å²) >= 11 is 0. The molecular weight excluding hydrogens is 334 g/mol. The molecule has 1 saturated heterocycles. The van der Waals surface area contributed by atoms with E-state index in [1.807, 2.05) is 13.8 Å². The van der Waals surface area contributed by atoms with Gasteiger partial charge in [0.15, 0.2) is 0 Å². The van der Waals surface area contributed by atoms with Crippen molar-refractivity contribution in [1.29, 1.82) is 0 Å². The van der Waals surface area contributed by atoms with Gasteiger partial charge in [-0.05, 0) is 32.3 Å². The van der Waals surface area contributed by atoms with E-state index < -0.39 is 43.9 Å². The Kier molecular flexibility index (Phi) is 3.50. The summed E-state index contributed by atoms with van der Waals surface area (Å²) in [6.45, 7) is 10.4. The summed E-state index contributed by atoms with van der Waals surface area (Å²) in [5.74, 6) is -1.28. The van der Waals surface area contributed by atoms with Crippen molar-refractivity contribution in [3.05, 3.63) is 12.7 Å². The summed E-state index contributed by atoms with van der Waals surface area (Å²) in [7, 11) is -3.67. The van der Waals surface area contributed by atoms with E-state index in [0.717, 1.165) is 6.08 Å². The maximum absolute atomic E-state index is 12.4. The lowest BCUT2D eigenvalue weighted by molar-refractivity contribution is -0.202. The maximum atomic E-state index is 12.4. The SMILES string of the molecule is C=CC(=O)NCC(=O)OC1(C)C2(C)CC3C(C2C)C1(C)OS3(=O)=O. The fraction of sp³-hybridized carbons (Fsp3) is 0.750. The maximum Gasteiger partial charge on any atom is 0.326 e. The lowest BCUT2D eigenvalue weighted by atomic mass is 9.65. The van der Waals surface area contributed by atoms with E-state index in [1.54, 1.807) is 13.8 Å². The van der Waals surface area contributed by atoms with E-state index in [1.165, 1.54) is 0 Å². The summed E-state index contributed by atoms with van der Waals surface area (Å²) in [6, 6.07) is 0. The highest BCUT2D eigenvalue weighted by Crippen LogP contribution is 2.74. The first-order valence-corrected chi connectivity index (χ1v) is 9.46. The van der Waals surface area contributed by atoms with Gasteiger partial charge in [-0.3, -0.25) is 13.8 Å². The Morgan fingerprint density at radius 2 is 2.00 bits per heavy atom. The molecule has 0 aromatic rings. The largest absolute Gasteiger partial charge is 0.454 e. The Hall–Kier alpha value is -1.41. The standard InChI is InChI=1S/C16H23NO6S/c1-6-11(18)17-8-12(19)22-16(5)14(3)7-10-13(9(14)2)15(16,4)23-24(10,20)21/h6,9-10,13H,1,7-8H2,2-5H3,(H,17,18). The number of rotatable bonds is 4. The Labute approximate surface area is 141 Å². The highest BCUT2D eigenvalue weighted by atomic mass is 32.2. The van der Waals surface area contributed by atoms with Gasteiger partial charge in [0.2, 0.25) is 5.91 Å². The lowest BCUT2D eigenvalue weighted by Crippen LogP contribution is -2.61. The molecule has 1 N–H and O–H groups in total. The minimum absolute atomic E-state index is 0.0327. The zero-order valence-electron chi connectivity index (χ0n) is 14.3. The van der Waals surface area contributed by atoms with Gasteiger partial charge in [-0.25, -0.2) is 0 Å². The zero-order valence-corrected chi connectivity index (χ0v) is 15.1. The van der Waals surface area contributed by atoms with Crippen LogP contribution in [0.1, 0.15) is 34.1 Å². The predicted octanol–water partition coefficient (Wildman–Crippen LogP) is 0.754. The van der Waals surface area contributed by atoms with Crippen LogP contribution < -0.4 is 5.32 Å². The van der Waals surface area contributed by atoms with Gasteiger partial charge >= 0.3 is 5.97 Å².